The highest BCUT2D eigenvalue weighted by molar-refractivity contribution is 7.98. The predicted octanol–water partition coefficient (Wildman–Crippen LogP) is 2.32. The molecule has 1 aromatic carbocycles. The molecule has 1 heterocycles. The van der Waals surface area contributed by atoms with E-state index in [-0.39, 0.29) is 5.69 Å². The van der Waals surface area contributed by atoms with Crippen molar-refractivity contribution in [3.05, 3.63) is 40.1 Å². The van der Waals surface area contributed by atoms with Crippen LogP contribution in [0.15, 0.2) is 29.2 Å². The number of nitrogens with two attached hydrogens (primary N) is 1. The number of aromatic nitrogens is 2. The fourth-order valence-corrected chi connectivity index (χ4v) is 2.51. The SMILES string of the molecule is Nc1snnc1CSc1ccc([N+](=O)[O-])cc1. The first-order chi connectivity index (χ1) is 8.16. The quantitative estimate of drug-likeness (QED) is 0.519. The number of benzene rings is 1. The van der Waals surface area contributed by atoms with E-state index in [2.05, 4.69) is 9.59 Å². The highest BCUT2D eigenvalue weighted by Gasteiger charge is 2.07. The van der Waals surface area contributed by atoms with Gasteiger partial charge < -0.3 is 5.73 Å². The van der Waals surface area contributed by atoms with Gasteiger partial charge in [0.25, 0.3) is 5.69 Å². The average Bonchev–Trinajstić information content (AvgIpc) is 2.73. The van der Waals surface area contributed by atoms with Crippen molar-refractivity contribution in [1.82, 2.24) is 9.59 Å². The number of nitrogen functional groups attached to an aromatic ring is 1. The molecule has 0 aliphatic heterocycles. The maximum atomic E-state index is 10.5. The minimum Gasteiger partial charge on any atom is -0.388 e. The van der Waals surface area contributed by atoms with Crippen molar-refractivity contribution < 1.29 is 4.92 Å². The van der Waals surface area contributed by atoms with E-state index < -0.39 is 4.92 Å². The summed E-state index contributed by atoms with van der Waals surface area (Å²) in [6, 6.07) is 6.37. The Morgan fingerprint density at radius 2 is 2.12 bits per heavy atom. The molecule has 0 saturated carbocycles. The van der Waals surface area contributed by atoms with Gasteiger partial charge in [0.2, 0.25) is 0 Å². The fraction of sp³-hybridized carbons (Fsp3) is 0.111. The number of anilines is 1. The van der Waals surface area contributed by atoms with Crippen LogP contribution in [-0.4, -0.2) is 14.5 Å². The van der Waals surface area contributed by atoms with Gasteiger partial charge in [-0.25, -0.2) is 0 Å². The first kappa shape index (κ1) is 11.8. The molecule has 0 bridgehead atoms. The van der Waals surface area contributed by atoms with Gasteiger partial charge in [-0.1, -0.05) is 4.49 Å². The van der Waals surface area contributed by atoms with Crippen LogP contribution >= 0.6 is 23.3 Å². The minimum absolute atomic E-state index is 0.0872. The molecule has 1 aromatic heterocycles. The molecule has 0 spiro atoms. The van der Waals surface area contributed by atoms with Gasteiger partial charge in [-0.2, -0.15) is 0 Å². The molecular formula is C9H8N4O2S2. The zero-order valence-electron chi connectivity index (χ0n) is 8.57. The van der Waals surface area contributed by atoms with Crippen LogP contribution < -0.4 is 5.73 Å². The molecule has 0 saturated heterocycles. The first-order valence-corrected chi connectivity index (χ1v) is 6.36. The highest BCUT2D eigenvalue weighted by Crippen LogP contribution is 2.26. The Morgan fingerprint density at radius 3 is 2.65 bits per heavy atom. The van der Waals surface area contributed by atoms with E-state index in [1.165, 1.54) is 23.9 Å². The second-order valence-electron chi connectivity index (χ2n) is 3.12. The van der Waals surface area contributed by atoms with Crippen LogP contribution in [0.25, 0.3) is 0 Å². The van der Waals surface area contributed by atoms with Crippen LogP contribution in [0, 0.1) is 10.1 Å². The van der Waals surface area contributed by atoms with Crippen molar-refractivity contribution in [1.29, 1.82) is 0 Å². The van der Waals surface area contributed by atoms with E-state index in [1.54, 1.807) is 12.1 Å². The number of nitro groups is 1. The van der Waals surface area contributed by atoms with Crippen molar-refractivity contribution >= 4 is 34.0 Å². The summed E-state index contributed by atoms with van der Waals surface area (Å²) < 4.78 is 3.74. The van der Waals surface area contributed by atoms with E-state index in [1.807, 2.05) is 0 Å². The molecule has 0 aliphatic rings. The maximum absolute atomic E-state index is 10.5. The normalized spacial score (nSPS) is 10.4. The first-order valence-electron chi connectivity index (χ1n) is 4.61. The molecule has 0 fully saturated rings. The number of hydrogen-bond donors (Lipinski definition) is 1. The Labute approximate surface area is 105 Å². The molecule has 17 heavy (non-hydrogen) atoms. The summed E-state index contributed by atoms with van der Waals surface area (Å²) in [4.78, 5) is 11.0. The lowest BCUT2D eigenvalue weighted by molar-refractivity contribution is -0.384. The molecule has 0 atom stereocenters. The second-order valence-corrected chi connectivity index (χ2v) is 4.96. The molecule has 2 N–H and O–H groups in total. The van der Waals surface area contributed by atoms with Crippen LogP contribution in [0.2, 0.25) is 0 Å². The largest absolute Gasteiger partial charge is 0.388 e. The van der Waals surface area contributed by atoms with Crippen molar-refractivity contribution in [2.45, 2.75) is 10.6 Å². The Bertz CT molecular complexity index is 526. The lowest BCUT2D eigenvalue weighted by Gasteiger charge is -1.99. The molecule has 6 nitrogen and oxygen atoms in total. The lowest BCUT2D eigenvalue weighted by atomic mass is 10.3. The summed E-state index contributed by atoms with van der Waals surface area (Å²) >= 11 is 2.67. The molecule has 2 rings (SSSR count). The Balaban J connectivity index is 2.00. The number of hydrogen-bond acceptors (Lipinski definition) is 7. The summed E-state index contributed by atoms with van der Waals surface area (Å²) in [6.45, 7) is 0. The summed E-state index contributed by atoms with van der Waals surface area (Å²) in [5.41, 5.74) is 6.50. The smallest absolute Gasteiger partial charge is 0.269 e. The predicted molar refractivity (Wildman–Crippen MR) is 67.0 cm³/mol. The van der Waals surface area contributed by atoms with Gasteiger partial charge in [-0.15, -0.1) is 16.9 Å². The third-order valence-electron chi connectivity index (χ3n) is 2.01. The molecule has 2 aromatic rings. The number of nitrogens with zero attached hydrogens (tertiary/aromatic N) is 3. The monoisotopic (exact) mass is 268 g/mol. The Hall–Kier alpha value is -1.67. The summed E-state index contributed by atoms with van der Waals surface area (Å²) in [6.07, 6.45) is 0. The number of thioether (sulfide) groups is 1. The van der Waals surface area contributed by atoms with Crippen LogP contribution in [0.4, 0.5) is 10.7 Å². The van der Waals surface area contributed by atoms with Gasteiger partial charge in [0, 0.05) is 34.3 Å². The second kappa shape index (κ2) is 5.11. The van der Waals surface area contributed by atoms with Gasteiger partial charge in [0.15, 0.2) is 0 Å². The van der Waals surface area contributed by atoms with E-state index in [0.717, 1.165) is 22.1 Å². The van der Waals surface area contributed by atoms with Gasteiger partial charge in [0.05, 0.1) is 4.92 Å². The number of nitro benzene ring substituents is 1. The van der Waals surface area contributed by atoms with Gasteiger partial charge >= 0.3 is 0 Å². The van der Waals surface area contributed by atoms with E-state index in [0.29, 0.717) is 10.8 Å². The van der Waals surface area contributed by atoms with Crippen LogP contribution in [0.1, 0.15) is 5.69 Å². The van der Waals surface area contributed by atoms with Crippen molar-refractivity contribution in [2.75, 3.05) is 5.73 Å². The standard InChI is InChI=1S/C9H8N4O2S2/c10-9-8(11-12-17-9)5-16-7-3-1-6(2-4-7)13(14)15/h1-4H,5,10H2. The lowest BCUT2D eigenvalue weighted by Crippen LogP contribution is -1.89. The third-order valence-corrected chi connectivity index (χ3v) is 3.63. The van der Waals surface area contributed by atoms with Crippen molar-refractivity contribution in [2.24, 2.45) is 0 Å². The summed E-state index contributed by atoms with van der Waals surface area (Å²) in [5, 5.41) is 15.0. The minimum atomic E-state index is -0.420. The van der Waals surface area contributed by atoms with Crippen molar-refractivity contribution in [3.8, 4) is 0 Å². The van der Waals surface area contributed by atoms with E-state index in [4.69, 9.17) is 5.73 Å². The Morgan fingerprint density at radius 1 is 1.41 bits per heavy atom. The summed E-state index contributed by atoms with van der Waals surface area (Å²) in [7, 11) is 0. The number of rotatable bonds is 4. The molecular weight excluding hydrogens is 260 g/mol. The third kappa shape index (κ3) is 2.92. The fourth-order valence-electron chi connectivity index (χ4n) is 1.13. The van der Waals surface area contributed by atoms with Gasteiger partial charge in [0.1, 0.15) is 10.7 Å². The van der Waals surface area contributed by atoms with Crippen LogP contribution in [0.5, 0.6) is 0 Å². The molecule has 0 radical (unpaired) electrons. The van der Waals surface area contributed by atoms with Gasteiger partial charge in [-0.05, 0) is 12.1 Å². The average molecular weight is 268 g/mol. The summed E-state index contributed by atoms with van der Waals surface area (Å²) in [5.74, 6) is 0.611. The molecule has 8 heteroatoms. The van der Waals surface area contributed by atoms with E-state index >= 15 is 0 Å². The zero-order chi connectivity index (χ0) is 12.3. The maximum Gasteiger partial charge on any atom is 0.269 e. The van der Waals surface area contributed by atoms with Gasteiger partial charge in [-0.3, -0.25) is 10.1 Å². The molecule has 0 amide bonds. The topological polar surface area (TPSA) is 94.9 Å². The molecule has 88 valence electrons. The van der Waals surface area contributed by atoms with Crippen LogP contribution in [-0.2, 0) is 5.75 Å². The molecule has 0 unspecified atom stereocenters. The highest BCUT2D eigenvalue weighted by atomic mass is 32.2. The van der Waals surface area contributed by atoms with Crippen LogP contribution in [0.3, 0.4) is 0 Å². The number of non-ortho nitro benzene ring substituents is 1. The zero-order valence-corrected chi connectivity index (χ0v) is 10.2. The van der Waals surface area contributed by atoms with E-state index in [9.17, 15) is 10.1 Å². The molecule has 0 aliphatic carbocycles. The Kier molecular flexibility index (Phi) is 3.55. The van der Waals surface area contributed by atoms with Crippen molar-refractivity contribution in [3.63, 3.8) is 0 Å².